The lowest BCUT2D eigenvalue weighted by Crippen LogP contribution is -2.38. The Morgan fingerprint density at radius 1 is 1.21 bits per heavy atom. The summed E-state index contributed by atoms with van der Waals surface area (Å²) in [5.74, 6) is 0.684. The Hall–Kier alpha value is -1.02. The molecule has 1 N–H and O–H groups in total. The number of para-hydroxylation sites is 1. The van der Waals surface area contributed by atoms with Gasteiger partial charge in [-0.05, 0) is 37.4 Å². The monoisotopic (exact) mass is 258 g/mol. The number of anilines is 1. The molecule has 0 aliphatic carbocycles. The first kappa shape index (κ1) is 13.0. The van der Waals surface area contributed by atoms with Crippen molar-refractivity contribution in [3.63, 3.8) is 0 Å². The highest BCUT2D eigenvalue weighted by Gasteiger charge is 2.27. The Morgan fingerprint density at radius 3 is 3.00 bits per heavy atom. The molecule has 2 aliphatic rings. The highest BCUT2D eigenvalue weighted by atomic mass is 15.2. The summed E-state index contributed by atoms with van der Waals surface area (Å²) in [5.41, 5.74) is 2.89. The minimum atomic E-state index is 0.684. The third-order valence-electron chi connectivity index (χ3n) is 4.86. The van der Waals surface area contributed by atoms with Crippen molar-refractivity contribution in [3.05, 3.63) is 29.8 Å². The summed E-state index contributed by atoms with van der Waals surface area (Å²) >= 11 is 0. The molecule has 0 saturated carbocycles. The van der Waals surface area contributed by atoms with E-state index in [2.05, 4.69) is 41.4 Å². The number of fused-ring (bicyclic) bond motifs is 1. The van der Waals surface area contributed by atoms with Gasteiger partial charge in [-0.2, -0.15) is 0 Å². The van der Waals surface area contributed by atoms with Crippen LogP contribution >= 0.6 is 0 Å². The molecule has 0 radical (unpaired) electrons. The Kier molecular flexibility index (Phi) is 4.07. The van der Waals surface area contributed by atoms with Gasteiger partial charge in [0.2, 0.25) is 0 Å². The van der Waals surface area contributed by atoms with Crippen LogP contribution in [0.15, 0.2) is 24.3 Å². The molecule has 0 amide bonds. The molecule has 1 fully saturated rings. The number of hydrogen-bond acceptors (Lipinski definition) is 2. The van der Waals surface area contributed by atoms with Crippen LogP contribution in [0.1, 0.15) is 50.5 Å². The van der Waals surface area contributed by atoms with Gasteiger partial charge in [-0.15, -0.1) is 0 Å². The summed E-state index contributed by atoms with van der Waals surface area (Å²) in [4.78, 5) is 2.77. The molecular weight excluding hydrogens is 232 g/mol. The molecule has 2 aliphatic heterocycles. The quantitative estimate of drug-likeness (QED) is 0.886. The van der Waals surface area contributed by atoms with Crippen molar-refractivity contribution in [2.24, 2.45) is 0 Å². The van der Waals surface area contributed by atoms with Crippen LogP contribution in [0.4, 0.5) is 5.69 Å². The second kappa shape index (κ2) is 5.96. The van der Waals surface area contributed by atoms with Crippen molar-refractivity contribution in [2.45, 2.75) is 51.0 Å². The number of nitrogens with zero attached hydrogens (tertiary/aromatic N) is 1. The lowest BCUT2D eigenvalue weighted by molar-refractivity contribution is 0.185. The molecule has 2 nitrogen and oxygen atoms in total. The Morgan fingerprint density at radius 2 is 2.11 bits per heavy atom. The second-order valence-corrected chi connectivity index (χ2v) is 6.07. The van der Waals surface area contributed by atoms with Gasteiger partial charge in [-0.25, -0.2) is 0 Å². The van der Waals surface area contributed by atoms with E-state index >= 15 is 0 Å². The first-order valence-electron chi connectivity index (χ1n) is 7.95. The van der Waals surface area contributed by atoms with Crippen molar-refractivity contribution >= 4 is 5.69 Å². The third-order valence-corrected chi connectivity index (χ3v) is 4.86. The zero-order chi connectivity index (χ0) is 13.1. The average molecular weight is 258 g/mol. The smallest absolute Gasteiger partial charge is 0.0376 e. The molecule has 2 atom stereocenters. The molecule has 2 heterocycles. The maximum atomic E-state index is 3.56. The van der Waals surface area contributed by atoms with E-state index in [1.165, 1.54) is 56.4 Å². The summed E-state index contributed by atoms with van der Waals surface area (Å²) in [6.07, 6.45) is 6.94. The van der Waals surface area contributed by atoms with Crippen LogP contribution in [-0.4, -0.2) is 30.6 Å². The van der Waals surface area contributed by atoms with Gasteiger partial charge in [0.05, 0.1) is 0 Å². The maximum absolute atomic E-state index is 3.56. The second-order valence-electron chi connectivity index (χ2n) is 6.07. The van der Waals surface area contributed by atoms with Crippen LogP contribution < -0.4 is 5.32 Å². The largest absolute Gasteiger partial charge is 0.384 e. The van der Waals surface area contributed by atoms with E-state index in [1.54, 1.807) is 0 Å². The molecule has 0 bridgehead atoms. The van der Waals surface area contributed by atoms with E-state index in [0.717, 1.165) is 12.6 Å². The third kappa shape index (κ3) is 2.79. The van der Waals surface area contributed by atoms with Crippen LogP contribution in [0, 0.1) is 0 Å². The van der Waals surface area contributed by atoms with Gasteiger partial charge in [0.1, 0.15) is 0 Å². The summed E-state index contributed by atoms with van der Waals surface area (Å²) in [6, 6.07) is 9.65. The predicted molar refractivity (Wildman–Crippen MR) is 81.8 cm³/mol. The fourth-order valence-corrected chi connectivity index (χ4v) is 3.74. The van der Waals surface area contributed by atoms with Gasteiger partial charge in [0, 0.05) is 30.7 Å². The number of nitrogens with one attached hydrogen (secondary N) is 1. The zero-order valence-electron chi connectivity index (χ0n) is 12.1. The van der Waals surface area contributed by atoms with Gasteiger partial charge >= 0.3 is 0 Å². The van der Waals surface area contributed by atoms with Crippen LogP contribution in [0.2, 0.25) is 0 Å². The molecule has 2 heteroatoms. The average Bonchev–Trinajstić information content (AvgIpc) is 2.71. The first-order chi connectivity index (χ1) is 9.38. The number of likely N-dealkylation sites (tertiary alicyclic amines) is 1. The van der Waals surface area contributed by atoms with Crippen LogP contribution in [-0.2, 0) is 0 Å². The molecule has 2 unspecified atom stereocenters. The number of hydrogen-bond donors (Lipinski definition) is 1. The SMILES string of the molecule is CCC1CCCCCN1CC1CNc2ccccc21. The molecule has 1 saturated heterocycles. The fourth-order valence-electron chi connectivity index (χ4n) is 3.74. The van der Waals surface area contributed by atoms with E-state index in [9.17, 15) is 0 Å². The minimum absolute atomic E-state index is 0.684. The fraction of sp³-hybridized carbons (Fsp3) is 0.647. The molecule has 3 rings (SSSR count). The van der Waals surface area contributed by atoms with E-state index in [1.807, 2.05) is 0 Å². The van der Waals surface area contributed by atoms with Crippen LogP contribution in [0.25, 0.3) is 0 Å². The van der Waals surface area contributed by atoms with Crippen LogP contribution in [0.5, 0.6) is 0 Å². The highest BCUT2D eigenvalue weighted by Crippen LogP contribution is 2.33. The van der Waals surface area contributed by atoms with Gasteiger partial charge < -0.3 is 5.32 Å². The first-order valence-corrected chi connectivity index (χ1v) is 7.95. The van der Waals surface area contributed by atoms with Crippen LogP contribution in [0.3, 0.4) is 0 Å². The summed E-state index contributed by atoms with van der Waals surface area (Å²) in [5, 5.41) is 3.56. The molecule has 0 aromatic heterocycles. The summed E-state index contributed by atoms with van der Waals surface area (Å²) < 4.78 is 0. The van der Waals surface area contributed by atoms with Crippen molar-refractivity contribution in [1.29, 1.82) is 0 Å². The normalized spacial score (nSPS) is 27.6. The minimum Gasteiger partial charge on any atom is -0.384 e. The summed E-state index contributed by atoms with van der Waals surface area (Å²) in [7, 11) is 0. The molecule has 1 aromatic carbocycles. The van der Waals surface area contributed by atoms with Gasteiger partial charge in [-0.1, -0.05) is 38.0 Å². The zero-order valence-corrected chi connectivity index (χ0v) is 12.1. The molecule has 1 aromatic rings. The topological polar surface area (TPSA) is 15.3 Å². The Bertz CT molecular complexity index is 415. The maximum Gasteiger partial charge on any atom is 0.0376 e. The van der Waals surface area contributed by atoms with Gasteiger partial charge in [-0.3, -0.25) is 4.90 Å². The van der Waals surface area contributed by atoms with Crippen molar-refractivity contribution < 1.29 is 0 Å². The van der Waals surface area contributed by atoms with E-state index in [0.29, 0.717) is 5.92 Å². The molecule has 0 spiro atoms. The number of rotatable bonds is 3. The van der Waals surface area contributed by atoms with Crippen molar-refractivity contribution in [1.82, 2.24) is 4.90 Å². The van der Waals surface area contributed by atoms with Gasteiger partial charge in [0.15, 0.2) is 0 Å². The summed E-state index contributed by atoms with van der Waals surface area (Å²) in [6.45, 7) is 6.01. The van der Waals surface area contributed by atoms with Crippen molar-refractivity contribution in [3.8, 4) is 0 Å². The lowest BCUT2D eigenvalue weighted by Gasteiger charge is -2.31. The van der Waals surface area contributed by atoms with Gasteiger partial charge in [0.25, 0.3) is 0 Å². The predicted octanol–water partition coefficient (Wildman–Crippen LogP) is 3.85. The Labute approximate surface area is 117 Å². The Balaban J connectivity index is 1.70. The molecule has 19 heavy (non-hydrogen) atoms. The molecule has 104 valence electrons. The van der Waals surface area contributed by atoms with Crippen molar-refractivity contribution in [2.75, 3.05) is 25.0 Å². The van der Waals surface area contributed by atoms with E-state index in [4.69, 9.17) is 0 Å². The van der Waals surface area contributed by atoms with E-state index in [-0.39, 0.29) is 0 Å². The standard InChI is InChI=1S/C17H26N2/c1-2-15-8-4-3-7-11-19(15)13-14-12-18-17-10-6-5-9-16(14)17/h5-6,9-10,14-15,18H,2-4,7-8,11-13H2,1H3. The lowest BCUT2D eigenvalue weighted by atomic mass is 9.99. The highest BCUT2D eigenvalue weighted by molar-refractivity contribution is 5.57. The molecular formula is C17H26N2. The number of benzene rings is 1. The van der Waals surface area contributed by atoms with E-state index < -0.39 is 0 Å².